The first kappa shape index (κ1) is 29.0. The van der Waals surface area contributed by atoms with E-state index in [9.17, 15) is 23.2 Å². The summed E-state index contributed by atoms with van der Waals surface area (Å²) in [5.74, 6) is -2.19. The number of amides is 3. The van der Waals surface area contributed by atoms with E-state index in [2.05, 4.69) is 10.6 Å². The number of carbonyl (C=O) groups excluding carboxylic acids is 3. The zero-order chi connectivity index (χ0) is 29.5. The van der Waals surface area contributed by atoms with Crippen LogP contribution in [0, 0.1) is 11.6 Å². The molecule has 0 aromatic heterocycles. The Morgan fingerprint density at radius 2 is 1.45 bits per heavy atom. The highest BCUT2D eigenvalue weighted by molar-refractivity contribution is 5.99. The number of nitrogens with one attached hydrogen (secondary N) is 2. The molecule has 11 heteroatoms. The summed E-state index contributed by atoms with van der Waals surface area (Å²) in [4.78, 5) is 44.4. The van der Waals surface area contributed by atoms with Crippen molar-refractivity contribution in [2.45, 2.75) is 13.0 Å². The summed E-state index contributed by atoms with van der Waals surface area (Å²) in [6, 6.07) is 17.3. The number of benzene rings is 3. The normalized spacial score (nSPS) is 15.6. The summed E-state index contributed by atoms with van der Waals surface area (Å²) in [5.41, 5.74) is 2.33. The number of rotatable bonds is 6. The minimum atomic E-state index is -0.807. The van der Waals surface area contributed by atoms with Crippen LogP contribution in [0.25, 0.3) is 0 Å². The molecule has 2 fully saturated rings. The van der Waals surface area contributed by atoms with E-state index >= 15 is 0 Å². The highest BCUT2D eigenvalue weighted by atomic mass is 19.1. The Morgan fingerprint density at radius 3 is 2.19 bits per heavy atom. The second-order valence-electron chi connectivity index (χ2n) is 10.3. The topological polar surface area (TPSA) is 94.2 Å². The molecule has 0 radical (unpaired) electrons. The molecule has 2 aliphatic rings. The van der Waals surface area contributed by atoms with E-state index in [1.165, 1.54) is 4.90 Å². The van der Waals surface area contributed by atoms with Crippen LogP contribution in [0.3, 0.4) is 0 Å². The fourth-order valence-corrected chi connectivity index (χ4v) is 5.16. The van der Waals surface area contributed by atoms with Crippen LogP contribution in [0.1, 0.15) is 32.7 Å². The average Bonchev–Trinajstić information content (AvgIpc) is 3.29. The summed E-state index contributed by atoms with van der Waals surface area (Å²) >= 11 is 0. The second-order valence-corrected chi connectivity index (χ2v) is 10.3. The maximum atomic E-state index is 13.7. The van der Waals surface area contributed by atoms with Gasteiger partial charge in [-0.3, -0.25) is 14.9 Å². The molecule has 2 aliphatic heterocycles. The molecule has 3 aromatic carbocycles. The molecule has 0 spiro atoms. The summed E-state index contributed by atoms with van der Waals surface area (Å²) in [6.45, 7) is 4.30. The third kappa shape index (κ3) is 7.22. The number of ether oxygens (including phenoxy) is 1. The van der Waals surface area contributed by atoms with Gasteiger partial charge in [-0.1, -0.05) is 30.3 Å². The Balaban J connectivity index is 1.32. The molecule has 3 aromatic rings. The van der Waals surface area contributed by atoms with Crippen LogP contribution in [0.5, 0.6) is 0 Å². The molecule has 0 unspecified atom stereocenters. The second kappa shape index (κ2) is 13.4. The van der Waals surface area contributed by atoms with Crippen molar-refractivity contribution < 1.29 is 27.9 Å². The molecule has 0 saturated carbocycles. The zero-order valence-electron chi connectivity index (χ0n) is 23.2. The standard InChI is InChI=1S/C31H33F2N5O4/c32-25-17-24(18-26(33)20-25)30(40)38-15-13-36(14-16-38)28-8-7-23(29(39)37-11-4-9-34-10-12-37)19-27(28)35-31(41)42-21-22-5-2-1-3-6-22/h1-3,5-8,17-20,34H,4,9-16,21H2,(H,35,41). The maximum Gasteiger partial charge on any atom is 0.412 e. The van der Waals surface area contributed by atoms with Gasteiger partial charge in [-0.15, -0.1) is 0 Å². The number of hydrogen-bond donors (Lipinski definition) is 2. The van der Waals surface area contributed by atoms with Crippen LogP contribution in [0.4, 0.5) is 25.0 Å². The summed E-state index contributed by atoms with van der Waals surface area (Å²) < 4.78 is 32.8. The number of anilines is 2. The van der Waals surface area contributed by atoms with Crippen LogP contribution in [0.15, 0.2) is 66.7 Å². The van der Waals surface area contributed by atoms with Crippen molar-refractivity contribution in [1.29, 1.82) is 0 Å². The van der Waals surface area contributed by atoms with Crippen LogP contribution >= 0.6 is 0 Å². The summed E-state index contributed by atoms with van der Waals surface area (Å²) in [7, 11) is 0. The van der Waals surface area contributed by atoms with Gasteiger partial charge in [0.1, 0.15) is 18.2 Å². The van der Waals surface area contributed by atoms with Crippen LogP contribution < -0.4 is 15.5 Å². The van der Waals surface area contributed by atoms with Crippen molar-refractivity contribution in [3.8, 4) is 0 Å². The smallest absolute Gasteiger partial charge is 0.412 e. The lowest BCUT2D eigenvalue weighted by atomic mass is 10.1. The minimum absolute atomic E-state index is 0.0453. The molecule has 3 amide bonds. The quantitative estimate of drug-likeness (QED) is 0.458. The summed E-state index contributed by atoms with van der Waals surface area (Å²) in [6.07, 6.45) is 0.192. The SMILES string of the molecule is O=C(Nc1cc(C(=O)N2CCCNCC2)ccc1N1CCN(C(=O)c2cc(F)cc(F)c2)CC1)OCc1ccccc1. The molecular weight excluding hydrogens is 544 g/mol. The van der Waals surface area contributed by atoms with Crippen molar-refractivity contribution >= 4 is 29.3 Å². The lowest BCUT2D eigenvalue weighted by Gasteiger charge is -2.37. The van der Waals surface area contributed by atoms with Crippen molar-refractivity contribution in [2.75, 3.05) is 62.6 Å². The van der Waals surface area contributed by atoms with E-state index in [4.69, 9.17) is 4.74 Å². The van der Waals surface area contributed by atoms with Crippen LogP contribution in [0.2, 0.25) is 0 Å². The Kier molecular flexibility index (Phi) is 9.28. The van der Waals surface area contributed by atoms with Crippen LogP contribution in [-0.2, 0) is 11.3 Å². The Morgan fingerprint density at radius 1 is 0.762 bits per heavy atom. The molecule has 0 bridgehead atoms. The largest absolute Gasteiger partial charge is 0.444 e. The van der Waals surface area contributed by atoms with E-state index in [0.717, 1.165) is 36.7 Å². The predicted molar refractivity (Wildman–Crippen MR) is 155 cm³/mol. The summed E-state index contributed by atoms with van der Waals surface area (Å²) in [5, 5.41) is 6.10. The monoisotopic (exact) mass is 577 g/mol. The van der Waals surface area contributed by atoms with Crippen LogP contribution in [-0.4, -0.2) is 80.1 Å². The van der Waals surface area contributed by atoms with E-state index in [-0.39, 0.29) is 18.1 Å². The average molecular weight is 578 g/mol. The third-order valence-corrected chi connectivity index (χ3v) is 7.34. The van der Waals surface area contributed by atoms with Crippen molar-refractivity contribution in [2.24, 2.45) is 0 Å². The van der Waals surface area contributed by atoms with Gasteiger partial charge in [0.2, 0.25) is 0 Å². The van der Waals surface area contributed by atoms with Crippen molar-refractivity contribution in [1.82, 2.24) is 15.1 Å². The third-order valence-electron chi connectivity index (χ3n) is 7.34. The van der Waals surface area contributed by atoms with Gasteiger partial charge in [-0.25, -0.2) is 13.6 Å². The molecule has 220 valence electrons. The van der Waals surface area contributed by atoms with Crippen molar-refractivity contribution in [3.63, 3.8) is 0 Å². The first-order valence-electron chi connectivity index (χ1n) is 14.0. The van der Waals surface area contributed by atoms with Gasteiger partial charge in [-0.2, -0.15) is 0 Å². The van der Waals surface area contributed by atoms with E-state index in [1.807, 2.05) is 35.2 Å². The lowest BCUT2D eigenvalue weighted by molar-refractivity contribution is 0.0743. The van der Waals surface area contributed by atoms with Gasteiger partial charge < -0.3 is 24.8 Å². The molecule has 2 heterocycles. The fraction of sp³-hybridized carbons (Fsp3) is 0.323. The van der Waals surface area contributed by atoms with Gasteiger partial charge in [-0.05, 0) is 48.9 Å². The van der Waals surface area contributed by atoms with Gasteiger partial charge in [0, 0.05) is 63.0 Å². The molecule has 9 nitrogen and oxygen atoms in total. The van der Waals surface area contributed by atoms with E-state index in [1.54, 1.807) is 23.1 Å². The van der Waals surface area contributed by atoms with Gasteiger partial charge in [0.05, 0.1) is 11.4 Å². The van der Waals surface area contributed by atoms with Gasteiger partial charge in [0.15, 0.2) is 0 Å². The Hall–Kier alpha value is -4.51. The number of hydrogen-bond acceptors (Lipinski definition) is 6. The van der Waals surface area contributed by atoms with E-state index in [0.29, 0.717) is 62.8 Å². The maximum absolute atomic E-state index is 13.7. The molecular formula is C31H33F2N5O4. The molecule has 5 rings (SSSR count). The minimum Gasteiger partial charge on any atom is -0.444 e. The molecule has 0 atom stereocenters. The predicted octanol–water partition coefficient (Wildman–Crippen LogP) is 4.11. The number of halogens is 2. The van der Waals surface area contributed by atoms with Crippen molar-refractivity contribution in [3.05, 3.63) is 95.1 Å². The van der Waals surface area contributed by atoms with Gasteiger partial charge in [0.25, 0.3) is 11.8 Å². The first-order chi connectivity index (χ1) is 20.4. The zero-order valence-corrected chi connectivity index (χ0v) is 23.2. The first-order valence-corrected chi connectivity index (χ1v) is 14.0. The molecule has 2 saturated heterocycles. The lowest BCUT2D eigenvalue weighted by Crippen LogP contribution is -2.49. The Labute approximate surface area is 243 Å². The highest BCUT2D eigenvalue weighted by Crippen LogP contribution is 2.30. The van der Waals surface area contributed by atoms with Gasteiger partial charge >= 0.3 is 6.09 Å². The number of carbonyl (C=O) groups is 3. The molecule has 42 heavy (non-hydrogen) atoms. The van der Waals surface area contributed by atoms with E-state index < -0.39 is 23.6 Å². The Bertz CT molecular complexity index is 1400. The number of nitrogens with zero attached hydrogens (tertiary/aromatic N) is 3. The molecule has 0 aliphatic carbocycles. The molecule has 2 N–H and O–H groups in total. The fourth-order valence-electron chi connectivity index (χ4n) is 5.16. The number of piperazine rings is 1. The highest BCUT2D eigenvalue weighted by Gasteiger charge is 2.26.